The van der Waals surface area contributed by atoms with Crippen LogP contribution < -0.4 is 15.4 Å². The number of nitrogen functional groups attached to an aromatic ring is 1. The molecule has 266 valence electrons. The normalized spacial score (nSPS) is 22.5. The summed E-state index contributed by atoms with van der Waals surface area (Å²) < 4.78 is 50.4. The highest BCUT2D eigenvalue weighted by Gasteiger charge is 2.43. The molecule has 4 aliphatic rings. The van der Waals surface area contributed by atoms with Gasteiger partial charge in [0.15, 0.2) is 11.6 Å². The van der Waals surface area contributed by atoms with Gasteiger partial charge in [-0.2, -0.15) is 15.2 Å². The highest BCUT2D eigenvalue weighted by atomic mass is 32.1. The average Bonchev–Trinajstić information content (AvgIpc) is 3.90. The Bertz CT molecular complexity index is 1960. The van der Waals surface area contributed by atoms with Crippen LogP contribution in [-0.2, 0) is 22.7 Å². The van der Waals surface area contributed by atoms with Crippen LogP contribution in [0.15, 0.2) is 6.20 Å². The highest BCUT2D eigenvalue weighted by molar-refractivity contribution is 7.23. The first-order valence-corrected chi connectivity index (χ1v) is 17.8. The van der Waals surface area contributed by atoms with Gasteiger partial charge in [-0.15, -0.1) is 11.3 Å². The molecule has 2 bridgehead atoms. The van der Waals surface area contributed by atoms with E-state index in [2.05, 4.69) is 32.8 Å². The number of benzene rings is 1. The van der Waals surface area contributed by atoms with Crippen LogP contribution in [0.2, 0.25) is 0 Å². The third kappa shape index (κ3) is 5.72. The van der Waals surface area contributed by atoms with Crippen molar-refractivity contribution in [3.63, 3.8) is 0 Å². The maximum Gasteiger partial charge on any atom is 0.319 e. The SMILES string of the molecule is CO.COCCN1CC2CCC(C1)N2c1nc(OC(C)C2CCCN2C)nc2c(F)c(-c3ncc(F)c4sc(N)c(C#N)c34)c3c(c12)COC3. The molecule has 0 aliphatic carbocycles. The van der Waals surface area contributed by atoms with Crippen LogP contribution in [0, 0.1) is 23.0 Å². The molecule has 12 nitrogen and oxygen atoms in total. The summed E-state index contributed by atoms with van der Waals surface area (Å²) in [5, 5.41) is 17.9. The molecule has 0 amide bonds. The van der Waals surface area contributed by atoms with Gasteiger partial charge >= 0.3 is 6.01 Å². The number of aliphatic hydroxyl groups is 1. The fraction of sp³-hybridized carbons (Fsp3) is 0.543. The number of rotatable bonds is 8. The predicted molar refractivity (Wildman–Crippen MR) is 187 cm³/mol. The molecule has 3 N–H and O–H groups in total. The molecule has 15 heteroatoms. The molecule has 3 saturated heterocycles. The lowest BCUT2D eigenvalue weighted by Gasteiger charge is -2.42. The molecule has 7 heterocycles. The van der Waals surface area contributed by atoms with E-state index in [0.717, 1.165) is 82.1 Å². The van der Waals surface area contributed by atoms with Gasteiger partial charge in [-0.05, 0) is 57.3 Å². The quantitative estimate of drug-likeness (QED) is 0.267. The Labute approximate surface area is 293 Å². The number of nitrogens with zero attached hydrogens (tertiary/aromatic N) is 7. The van der Waals surface area contributed by atoms with E-state index in [4.69, 9.17) is 35.0 Å². The molecule has 4 atom stereocenters. The van der Waals surface area contributed by atoms with E-state index in [1.54, 1.807) is 7.11 Å². The number of piperazine rings is 1. The topological polar surface area (TPSA) is 146 Å². The number of anilines is 2. The third-order valence-electron chi connectivity index (χ3n) is 10.6. The zero-order valence-corrected chi connectivity index (χ0v) is 29.5. The second-order valence-electron chi connectivity index (χ2n) is 13.4. The monoisotopic (exact) mass is 708 g/mol. The Morgan fingerprint density at radius 2 is 1.88 bits per heavy atom. The number of likely N-dealkylation sites (N-methyl/N-ethyl adjacent to an activating group) is 1. The Morgan fingerprint density at radius 1 is 1.14 bits per heavy atom. The number of thiophene rings is 1. The number of nitrogens with two attached hydrogens (primary N) is 1. The van der Waals surface area contributed by atoms with Crippen molar-refractivity contribution >= 4 is 43.1 Å². The molecule has 4 aliphatic heterocycles. The van der Waals surface area contributed by atoms with Crippen LogP contribution in [0.3, 0.4) is 0 Å². The van der Waals surface area contributed by atoms with Gasteiger partial charge in [0.05, 0.1) is 47.4 Å². The van der Waals surface area contributed by atoms with Crippen molar-refractivity contribution in [2.75, 3.05) is 64.7 Å². The predicted octanol–water partition coefficient (Wildman–Crippen LogP) is 4.44. The largest absolute Gasteiger partial charge is 0.459 e. The number of likely N-dealkylation sites (tertiary alicyclic amines) is 2. The van der Waals surface area contributed by atoms with Crippen molar-refractivity contribution in [2.45, 2.75) is 70.1 Å². The summed E-state index contributed by atoms with van der Waals surface area (Å²) in [6, 6.07) is 2.74. The fourth-order valence-electron chi connectivity index (χ4n) is 8.38. The zero-order valence-electron chi connectivity index (χ0n) is 28.7. The van der Waals surface area contributed by atoms with Gasteiger partial charge < -0.3 is 30.0 Å². The van der Waals surface area contributed by atoms with Crippen molar-refractivity contribution in [3.8, 4) is 23.3 Å². The average molecular weight is 709 g/mol. The first kappa shape index (κ1) is 34.7. The summed E-state index contributed by atoms with van der Waals surface area (Å²) in [5.41, 5.74) is 7.98. The summed E-state index contributed by atoms with van der Waals surface area (Å²) in [6.07, 6.45) is 4.89. The minimum absolute atomic E-state index is 0.0778. The minimum Gasteiger partial charge on any atom is -0.459 e. The molecular weight excluding hydrogens is 666 g/mol. The first-order chi connectivity index (χ1) is 24.3. The van der Waals surface area contributed by atoms with Crippen molar-refractivity contribution in [1.82, 2.24) is 24.8 Å². The van der Waals surface area contributed by atoms with E-state index in [1.807, 2.05) is 6.92 Å². The Balaban J connectivity index is 0.00000193. The summed E-state index contributed by atoms with van der Waals surface area (Å²) >= 11 is 0.955. The molecule has 1 aromatic carbocycles. The second kappa shape index (κ2) is 14.1. The van der Waals surface area contributed by atoms with Crippen molar-refractivity contribution in [3.05, 3.63) is 34.5 Å². The molecule has 3 fully saturated rings. The molecule has 4 unspecified atom stereocenters. The van der Waals surface area contributed by atoms with Gasteiger partial charge in [0.25, 0.3) is 0 Å². The summed E-state index contributed by atoms with van der Waals surface area (Å²) in [7, 11) is 4.80. The van der Waals surface area contributed by atoms with Gasteiger partial charge in [-0.25, -0.2) is 8.78 Å². The number of pyridine rings is 1. The fourth-order valence-corrected chi connectivity index (χ4v) is 9.30. The molecule has 0 spiro atoms. The first-order valence-electron chi connectivity index (χ1n) is 17.0. The summed E-state index contributed by atoms with van der Waals surface area (Å²) in [5.74, 6) is -0.594. The standard InChI is InChI=1S/C34H38F2N8O3S.CH4O/c1-17(24-5-4-8-42(24)2)47-34-40-30-27(33(41-34)44-18-6-7-19(44)14-43(13-18)9-10-45-3)22-16-46-15-21(22)25(28(30)36)29-26-20(11-37)32(38)48-31(26)23(35)12-39-29;1-2/h12,17-19,24H,4-10,13-16,38H2,1-3H3;2H,1H3. The molecular formula is C35H42F2N8O4S. The van der Waals surface area contributed by atoms with Gasteiger partial charge in [0, 0.05) is 62.9 Å². The summed E-state index contributed by atoms with van der Waals surface area (Å²) in [6.45, 7) is 6.55. The number of aliphatic hydroxyl groups excluding tert-OH is 1. The molecule has 3 aromatic heterocycles. The van der Waals surface area contributed by atoms with E-state index in [9.17, 15) is 5.26 Å². The molecule has 4 aromatic rings. The third-order valence-corrected chi connectivity index (χ3v) is 11.7. The van der Waals surface area contributed by atoms with E-state index < -0.39 is 11.6 Å². The molecule has 8 rings (SSSR count). The van der Waals surface area contributed by atoms with Crippen LogP contribution in [0.1, 0.15) is 49.3 Å². The van der Waals surface area contributed by atoms with Crippen LogP contribution in [0.4, 0.5) is 19.6 Å². The van der Waals surface area contributed by atoms with Crippen LogP contribution >= 0.6 is 11.3 Å². The van der Waals surface area contributed by atoms with Crippen LogP contribution in [0.25, 0.3) is 32.2 Å². The van der Waals surface area contributed by atoms with E-state index >= 15 is 8.78 Å². The number of halogens is 2. The maximum absolute atomic E-state index is 17.4. The maximum atomic E-state index is 17.4. The number of aromatic nitrogens is 3. The lowest BCUT2D eigenvalue weighted by atomic mass is 9.93. The van der Waals surface area contributed by atoms with Crippen LogP contribution in [0.5, 0.6) is 6.01 Å². The molecule has 50 heavy (non-hydrogen) atoms. The number of nitriles is 1. The number of methoxy groups -OCH3 is 1. The number of hydrogen-bond acceptors (Lipinski definition) is 13. The Hall–Kier alpha value is -3.78. The van der Waals surface area contributed by atoms with E-state index in [-0.39, 0.29) is 80.9 Å². The lowest BCUT2D eigenvalue weighted by molar-refractivity contribution is 0.112. The smallest absolute Gasteiger partial charge is 0.319 e. The number of fused-ring (bicyclic) bond motifs is 6. The van der Waals surface area contributed by atoms with Crippen molar-refractivity contribution in [1.29, 1.82) is 5.26 Å². The minimum atomic E-state index is -0.631. The van der Waals surface area contributed by atoms with Gasteiger partial charge in [-0.1, -0.05) is 0 Å². The van der Waals surface area contributed by atoms with Gasteiger partial charge in [0.2, 0.25) is 0 Å². The summed E-state index contributed by atoms with van der Waals surface area (Å²) in [4.78, 5) is 21.3. The van der Waals surface area contributed by atoms with Gasteiger partial charge in [-0.3, -0.25) is 14.8 Å². The van der Waals surface area contributed by atoms with E-state index in [0.29, 0.717) is 23.4 Å². The number of hydrogen-bond donors (Lipinski definition) is 2. The number of ether oxygens (including phenoxy) is 3. The lowest BCUT2D eigenvalue weighted by Crippen LogP contribution is -2.54. The van der Waals surface area contributed by atoms with Crippen molar-refractivity contribution < 1.29 is 28.1 Å². The molecule has 0 saturated carbocycles. The Morgan fingerprint density at radius 3 is 2.56 bits per heavy atom. The van der Waals surface area contributed by atoms with E-state index in [1.165, 1.54) is 0 Å². The van der Waals surface area contributed by atoms with Crippen molar-refractivity contribution in [2.24, 2.45) is 0 Å². The molecule has 0 radical (unpaired) electrons. The Kier molecular flexibility index (Phi) is 9.77. The zero-order chi connectivity index (χ0) is 35.3. The van der Waals surface area contributed by atoms with Crippen LogP contribution in [-0.4, -0.2) is 108 Å². The highest BCUT2D eigenvalue weighted by Crippen LogP contribution is 2.48. The second-order valence-corrected chi connectivity index (χ2v) is 14.4. The van der Waals surface area contributed by atoms with Gasteiger partial charge in [0.1, 0.15) is 28.5 Å².